The minimum absolute atomic E-state index is 0.345. The predicted octanol–water partition coefficient (Wildman–Crippen LogP) is 10.6. The van der Waals surface area contributed by atoms with Gasteiger partial charge < -0.3 is 8.98 Å². The molecule has 3 aromatic heterocycles. The van der Waals surface area contributed by atoms with Crippen molar-refractivity contribution in [3.8, 4) is 22.5 Å². The summed E-state index contributed by atoms with van der Waals surface area (Å²) in [6.45, 7) is 0. The first-order chi connectivity index (χ1) is 21.1. The molecule has 0 aliphatic heterocycles. The average molecular weight is 561 g/mol. The number of halogens is 2. The normalized spacial score (nSPS) is 12.0. The van der Waals surface area contributed by atoms with Crippen LogP contribution in [0.2, 0.25) is 0 Å². The number of para-hydroxylation sites is 2. The second kappa shape index (κ2) is 8.91. The van der Waals surface area contributed by atoms with Gasteiger partial charge >= 0.3 is 0 Å². The molecule has 0 saturated carbocycles. The van der Waals surface area contributed by atoms with Gasteiger partial charge in [-0.1, -0.05) is 54.6 Å². The van der Waals surface area contributed by atoms with E-state index in [1.807, 2.05) is 36.4 Å². The number of nitrogens with zero attached hydrogens (tertiary/aromatic N) is 2. The topological polar surface area (TPSA) is 23.0 Å². The molecule has 0 atom stereocenters. The summed E-state index contributed by atoms with van der Waals surface area (Å²) in [5.74, 6) is -0.690. The number of hydrogen-bond acceptors (Lipinski definition) is 1. The van der Waals surface area contributed by atoms with Crippen molar-refractivity contribution in [2.75, 3.05) is 0 Å². The standard InChI is InChI=1S/C38H22F2N2O/c39-25-13-18-33-30(21-25)31-22-26(40)14-19-34(31)41(33)28-15-10-23(11-16-28)24-12-17-35-32(20-24)37-29-8-4-5-9-36(29)43-38(37)42(35)27-6-2-1-3-7-27/h1-22H. The first-order valence-electron chi connectivity index (χ1n) is 14.2. The van der Waals surface area contributed by atoms with E-state index < -0.39 is 0 Å². The Hall–Kier alpha value is -5.68. The van der Waals surface area contributed by atoms with E-state index in [9.17, 15) is 8.78 Å². The third-order valence-electron chi connectivity index (χ3n) is 8.45. The summed E-state index contributed by atoms with van der Waals surface area (Å²) >= 11 is 0. The largest absolute Gasteiger partial charge is 0.439 e. The van der Waals surface area contributed by atoms with E-state index in [2.05, 4.69) is 69.8 Å². The maximum atomic E-state index is 14.2. The van der Waals surface area contributed by atoms with Crippen LogP contribution in [0.5, 0.6) is 0 Å². The van der Waals surface area contributed by atoms with Crippen LogP contribution in [-0.4, -0.2) is 9.13 Å². The van der Waals surface area contributed by atoms with E-state index in [0.717, 1.165) is 66.5 Å². The van der Waals surface area contributed by atoms with Gasteiger partial charge in [-0.05, 0) is 90.0 Å². The van der Waals surface area contributed by atoms with Gasteiger partial charge in [-0.3, -0.25) is 4.57 Å². The Morgan fingerprint density at radius 2 is 1.02 bits per heavy atom. The molecule has 6 aromatic carbocycles. The molecule has 0 fully saturated rings. The van der Waals surface area contributed by atoms with Crippen molar-refractivity contribution in [2.24, 2.45) is 0 Å². The summed E-state index contributed by atoms with van der Waals surface area (Å²) in [5, 5.41) is 4.67. The molecule has 0 N–H and O–H groups in total. The molecule has 9 aromatic rings. The average Bonchev–Trinajstić information content (AvgIpc) is 3.67. The molecule has 0 amide bonds. The Morgan fingerprint density at radius 1 is 0.442 bits per heavy atom. The van der Waals surface area contributed by atoms with E-state index in [1.165, 1.54) is 24.3 Å². The molecule has 0 bridgehead atoms. The molecule has 0 saturated heterocycles. The van der Waals surface area contributed by atoms with E-state index in [0.29, 0.717) is 10.8 Å². The molecule has 5 heteroatoms. The van der Waals surface area contributed by atoms with Gasteiger partial charge in [-0.25, -0.2) is 8.78 Å². The third kappa shape index (κ3) is 3.52. The first-order valence-corrected chi connectivity index (χ1v) is 14.2. The number of hydrogen-bond donors (Lipinski definition) is 0. The lowest BCUT2D eigenvalue weighted by Gasteiger charge is -2.10. The first kappa shape index (κ1) is 24.0. The van der Waals surface area contributed by atoms with Crippen LogP contribution in [0, 0.1) is 11.6 Å². The van der Waals surface area contributed by atoms with Gasteiger partial charge in [0.25, 0.3) is 0 Å². The number of fused-ring (bicyclic) bond motifs is 8. The van der Waals surface area contributed by atoms with Crippen molar-refractivity contribution in [1.29, 1.82) is 0 Å². The smallest absolute Gasteiger partial charge is 0.213 e. The summed E-state index contributed by atoms with van der Waals surface area (Å²) in [4.78, 5) is 0. The fourth-order valence-electron chi connectivity index (χ4n) is 6.55. The van der Waals surface area contributed by atoms with Gasteiger partial charge in [0.15, 0.2) is 0 Å². The van der Waals surface area contributed by atoms with Gasteiger partial charge in [0.05, 0.1) is 21.9 Å². The number of aromatic nitrogens is 2. The summed E-state index contributed by atoms with van der Waals surface area (Å²) in [6, 6.07) is 42.6. The molecule has 0 radical (unpaired) electrons. The van der Waals surface area contributed by atoms with Crippen molar-refractivity contribution in [2.45, 2.75) is 0 Å². The van der Waals surface area contributed by atoms with E-state index in [1.54, 1.807) is 12.1 Å². The van der Waals surface area contributed by atoms with Crippen LogP contribution in [0.1, 0.15) is 0 Å². The van der Waals surface area contributed by atoms with E-state index in [-0.39, 0.29) is 11.6 Å². The van der Waals surface area contributed by atoms with Crippen molar-refractivity contribution in [1.82, 2.24) is 9.13 Å². The quantitative estimate of drug-likeness (QED) is 0.211. The molecule has 9 rings (SSSR count). The summed E-state index contributed by atoms with van der Waals surface area (Å²) in [6.07, 6.45) is 0. The van der Waals surface area contributed by atoms with Crippen LogP contribution < -0.4 is 0 Å². The molecule has 0 spiro atoms. The fourth-order valence-corrected chi connectivity index (χ4v) is 6.55. The molecule has 204 valence electrons. The summed E-state index contributed by atoms with van der Waals surface area (Å²) in [5.41, 5.74) is 8.54. The number of furan rings is 1. The molecule has 43 heavy (non-hydrogen) atoms. The summed E-state index contributed by atoms with van der Waals surface area (Å²) < 4.78 is 39.0. The zero-order valence-electron chi connectivity index (χ0n) is 22.8. The van der Waals surface area contributed by atoms with Crippen molar-refractivity contribution in [3.63, 3.8) is 0 Å². The second-order valence-corrected chi connectivity index (χ2v) is 10.9. The van der Waals surface area contributed by atoms with Crippen molar-refractivity contribution < 1.29 is 13.2 Å². The Labute approximate surface area is 244 Å². The van der Waals surface area contributed by atoms with E-state index in [4.69, 9.17) is 4.42 Å². The molecule has 0 aliphatic carbocycles. The molecular weight excluding hydrogens is 538 g/mol. The van der Waals surface area contributed by atoms with Crippen molar-refractivity contribution >= 4 is 54.8 Å². The monoisotopic (exact) mass is 560 g/mol. The Balaban J connectivity index is 1.22. The lowest BCUT2D eigenvalue weighted by molar-refractivity contribution is 0.628. The van der Waals surface area contributed by atoms with E-state index >= 15 is 0 Å². The molecule has 3 heterocycles. The van der Waals surface area contributed by atoms with Crippen LogP contribution in [0.15, 0.2) is 138 Å². The van der Waals surface area contributed by atoms with Crippen LogP contribution in [-0.2, 0) is 0 Å². The predicted molar refractivity (Wildman–Crippen MR) is 170 cm³/mol. The molecular formula is C38H22F2N2O. The minimum Gasteiger partial charge on any atom is -0.439 e. The van der Waals surface area contributed by atoms with Gasteiger partial charge in [0.2, 0.25) is 5.71 Å². The number of rotatable bonds is 3. The third-order valence-corrected chi connectivity index (χ3v) is 8.45. The maximum Gasteiger partial charge on any atom is 0.213 e. The molecule has 0 unspecified atom stereocenters. The van der Waals surface area contributed by atoms with Crippen LogP contribution in [0.25, 0.3) is 77.3 Å². The van der Waals surface area contributed by atoms with Gasteiger partial charge in [-0.15, -0.1) is 0 Å². The molecule has 3 nitrogen and oxygen atoms in total. The zero-order valence-corrected chi connectivity index (χ0v) is 22.8. The maximum absolute atomic E-state index is 14.2. The Morgan fingerprint density at radius 3 is 1.74 bits per heavy atom. The van der Waals surface area contributed by atoms with Gasteiger partial charge in [0.1, 0.15) is 17.2 Å². The second-order valence-electron chi connectivity index (χ2n) is 10.9. The summed E-state index contributed by atoms with van der Waals surface area (Å²) in [7, 11) is 0. The number of benzene rings is 6. The molecule has 0 aliphatic rings. The van der Waals surface area contributed by atoms with Crippen LogP contribution >= 0.6 is 0 Å². The van der Waals surface area contributed by atoms with Crippen LogP contribution in [0.3, 0.4) is 0 Å². The SMILES string of the molecule is Fc1ccc2c(c1)c1cc(F)ccc1n2-c1ccc(-c2ccc3c(c2)c2c4ccccc4oc2n3-c2ccccc2)cc1. The lowest BCUT2D eigenvalue weighted by atomic mass is 10.0. The highest BCUT2D eigenvalue weighted by molar-refractivity contribution is 6.20. The highest BCUT2D eigenvalue weighted by Crippen LogP contribution is 2.41. The van der Waals surface area contributed by atoms with Crippen molar-refractivity contribution in [3.05, 3.63) is 145 Å². The Kier molecular flexibility index (Phi) is 4.97. The Bertz CT molecular complexity index is 2460. The van der Waals surface area contributed by atoms with Crippen LogP contribution in [0.4, 0.5) is 8.78 Å². The highest BCUT2D eigenvalue weighted by Gasteiger charge is 2.20. The lowest BCUT2D eigenvalue weighted by Crippen LogP contribution is -1.94. The zero-order chi connectivity index (χ0) is 28.7. The minimum atomic E-state index is -0.345. The fraction of sp³-hybridized carbons (Fsp3) is 0. The van der Waals surface area contributed by atoms with Gasteiger partial charge in [0, 0.05) is 32.9 Å². The highest BCUT2D eigenvalue weighted by atomic mass is 19.1. The van der Waals surface area contributed by atoms with Gasteiger partial charge in [-0.2, -0.15) is 0 Å².